The summed E-state index contributed by atoms with van der Waals surface area (Å²) in [6.07, 6.45) is 0.663. The molecule has 4 rings (SSSR count). The van der Waals surface area contributed by atoms with Crippen LogP contribution in [0.5, 0.6) is 5.75 Å². The summed E-state index contributed by atoms with van der Waals surface area (Å²) >= 11 is 0. The molecule has 3 aromatic rings. The van der Waals surface area contributed by atoms with Gasteiger partial charge >= 0.3 is 0 Å². The van der Waals surface area contributed by atoms with Crippen molar-refractivity contribution in [3.8, 4) is 5.75 Å². The van der Waals surface area contributed by atoms with Crippen molar-refractivity contribution in [2.45, 2.75) is 25.5 Å². The highest BCUT2D eigenvalue weighted by atomic mass is 16.5. The fraction of sp³-hybridized carbons (Fsp3) is 0.364. The smallest absolute Gasteiger partial charge is 0.232 e. The van der Waals surface area contributed by atoms with E-state index in [1.807, 2.05) is 30.3 Å². The van der Waals surface area contributed by atoms with Gasteiger partial charge in [0.2, 0.25) is 5.89 Å². The van der Waals surface area contributed by atoms with Crippen LogP contribution in [-0.4, -0.2) is 41.8 Å². The van der Waals surface area contributed by atoms with Crippen LogP contribution in [-0.2, 0) is 24.3 Å². The predicted molar refractivity (Wildman–Crippen MR) is 105 cm³/mol. The van der Waals surface area contributed by atoms with Crippen LogP contribution in [0.3, 0.4) is 0 Å². The molecule has 1 saturated heterocycles. The zero-order valence-corrected chi connectivity index (χ0v) is 16.1. The van der Waals surface area contributed by atoms with Crippen molar-refractivity contribution in [1.82, 2.24) is 15.0 Å². The number of aromatic nitrogens is 2. The highest BCUT2D eigenvalue weighted by molar-refractivity contribution is 5.28. The first kappa shape index (κ1) is 18.7. The van der Waals surface area contributed by atoms with Gasteiger partial charge in [-0.3, -0.25) is 4.90 Å². The molecule has 1 fully saturated rings. The monoisotopic (exact) mass is 379 g/mol. The van der Waals surface area contributed by atoms with Crippen LogP contribution < -0.4 is 4.74 Å². The average Bonchev–Trinajstić information content (AvgIpc) is 3.17. The van der Waals surface area contributed by atoms with Crippen molar-refractivity contribution in [2.75, 3.05) is 26.8 Å². The summed E-state index contributed by atoms with van der Waals surface area (Å²) in [6, 6.07) is 18.3. The molecule has 0 amide bonds. The van der Waals surface area contributed by atoms with Crippen LogP contribution in [0.4, 0.5) is 0 Å². The van der Waals surface area contributed by atoms with Gasteiger partial charge < -0.3 is 14.0 Å². The van der Waals surface area contributed by atoms with Crippen molar-refractivity contribution in [1.29, 1.82) is 0 Å². The van der Waals surface area contributed by atoms with Crippen LogP contribution in [0, 0.1) is 0 Å². The van der Waals surface area contributed by atoms with E-state index in [-0.39, 0.29) is 0 Å². The van der Waals surface area contributed by atoms with Crippen LogP contribution in [0.25, 0.3) is 0 Å². The molecule has 1 aromatic heterocycles. The third kappa shape index (κ3) is 4.77. The van der Waals surface area contributed by atoms with Crippen molar-refractivity contribution >= 4 is 0 Å². The molecule has 0 bridgehead atoms. The Labute approximate surface area is 165 Å². The SMILES string of the molecule is COc1cccc(CN2CC(c3nc(CCOCc4ccccc4)no3)C2)c1. The normalized spacial score (nSPS) is 14.8. The van der Waals surface area contributed by atoms with E-state index in [2.05, 4.69) is 39.3 Å². The summed E-state index contributed by atoms with van der Waals surface area (Å²) in [5.41, 5.74) is 2.42. The van der Waals surface area contributed by atoms with E-state index >= 15 is 0 Å². The number of nitrogens with zero attached hydrogens (tertiary/aromatic N) is 3. The summed E-state index contributed by atoms with van der Waals surface area (Å²) in [5.74, 6) is 2.66. The lowest BCUT2D eigenvalue weighted by atomic mass is 9.99. The minimum absolute atomic E-state index is 0.317. The minimum atomic E-state index is 0.317. The second kappa shape index (κ2) is 8.99. The van der Waals surface area contributed by atoms with Gasteiger partial charge in [-0.1, -0.05) is 47.6 Å². The topological polar surface area (TPSA) is 60.6 Å². The van der Waals surface area contributed by atoms with Crippen LogP contribution in [0.2, 0.25) is 0 Å². The van der Waals surface area contributed by atoms with E-state index in [4.69, 9.17) is 14.0 Å². The van der Waals surface area contributed by atoms with Crippen LogP contribution in [0.1, 0.15) is 28.8 Å². The lowest BCUT2D eigenvalue weighted by Gasteiger charge is -2.37. The fourth-order valence-electron chi connectivity index (χ4n) is 3.35. The number of benzene rings is 2. The van der Waals surface area contributed by atoms with E-state index in [9.17, 15) is 0 Å². The Bertz CT molecular complexity index is 875. The Morgan fingerprint density at radius 1 is 1.07 bits per heavy atom. The molecule has 0 aliphatic carbocycles. The van der Waals surface area contributed by atoms with Gasteiger partial charge in [-0.2, -0.15) is 4.98 Å². The Hall–Kier alpha value is -2.70. The average molecular weight is 379 g/mol. The quantitative estimate of drug-likeness (QED) is 0.531. The predicted octanol–water partition coefficient (Wildman–Crippen LogP) is 3.44. The third-order valence-corrected chi connectivity index (χ3v) is 4.91. The maximum absolute atomic E-state index is 5.70. The molecule has 1 aliphatic rings. The van der Waals surface area contributed by atoms with E-state index < -0.39 is 0 Å². The Balaban J connectivity index is 1.19. The second-order valence-electron chi connectivity index (χ2n) is 7.08. The number of methoxy groups -OCH3 is 1. The summed E-state index contributed by atoms with van der Waals surface area (Å²) in [5, 5.41) is 4.09. The maximum Gasteiger partial charge on any atom is 0.232 e. The van der Waals surface area contributed by atoms with Crippen LogP contribution >= 0.6 is 0 Å². The summed E-state index contributed by atoms with van der Waals surface area (Å²) in [6.45, 7) is 3.96. The molecule has 2 aromatic carbocycles. The number of ether oxygens (including phenoxy) is 2. The molecule has 6 heteroatoms. The molecule has 6 nitrogen and oxygen atoms in total. The van der Waals surface area contributed by atoms with E-state index in [1.54, 1.807) is 7.11 Å². The first-order chi connectivity index (χ1) is 13.8. The van der Waals surface area contributed by atoms with Gasteiger partial charge in [-0.05, 0) is 23.3 Å². The third-order valence-electron chi connectivity index (χ3n) is 4.91. The molecule has 0 N–H and O–H groups in total. The Morgan fingerprint density at radius 2 is 1.89 bits per heavy atom. The van der Waals surface area contributed by atoms with Gasteiger partial charge in [0.25, 0.3) is 0 Å². The maximum atomic E-state index is 5.70. The van der Waals surface area contributed by atoms with Gasteiger partial charge in [0.05, 0.1) is 26.2 Å². The second-order valence-corrected chi connectivity index (χ2v) is 7.08. The van der Waals surface area contributed by atoms with Gasteiger partial charge in [0.1, 0.15) is 5.75 Å². The molecule has 2 heterocycles. The highest BCUT2D eigenvalue weighted by Crippen LogP contribution is 2.27. The zero-order valence-electron chi connectivity index (χ0n) is 16.1. The molecular weight excluding hydrogens is 354 g/mol. The lowest BCUT2D eigenvalue weighted by molar-refractivity contribution is 0.117. The van der Waals surface area contributed by atoms with E-state index in [1.165, 1.54) is 11.1 Å². The fourth-order valence-corrected chi connectivity index (χ4v) is 3.35. The molecule has 0 saturated carbocycles. The molecule has 28 heavy (non-hydrogen) atoms. The highest BCUT2D eigenvalue weighted by Gasteiger charge is 2.32. The molecule has 0 spiro atoms. The first-order valence-electron chi connectivity index (χ1n) is 9.59. The van der Waals surface area contributed by atoms with Crippen LogP contribution in [0.15, 0.2) is 59.1 Å². The molecule has 0 atom stereocenters. The van der Waals surface area contributed by atoms with Crippen molar-refractivity contribution in [2.24, 2.45) is 0 Å². The van der Waals surface area contributed by atoms with Gasteiger partial charge in [-0.15, -0.1) is 0 Å². The summed E-state index contributed by atoms with van der Waals surface area (Å²) < 4.78 is 16.4. The molecule has 0 radical (unpaired) electrons. The number of hydrogen-bond donors (Lipinski definition) is 0. The molecular formula is C22H25N3O3. The zero-order chi connectivity index (χ0) is 19.2. The largest absolute Gasteiger partial charge is 0.497 e. The van der Waals surface area contributed by atoms with E-state index in [0.29, 0.717) is 31.4 Å². The standard InChI is InChI=1S/C22H25N3O3/c1-26-20-9-5-8-18(12-20)13-25-14-19(15-25)22-23-21(24-28-22)10-11-27-16-17-6-3-2-4-7-17/h2-9,12,19H,10-11,13-16H2,1H3. The van der Waals surface area contributed by atoms with E-state index in [0.717, 1.165) is 31.3 Å². The van der Waals surface area contributed by atoms with Gasteiger partial charge in [0.15, 0.2) is 5.82 Å². The first-order valence-corrected chi connectivity index (χ1v) is 9.59. The van der Waals surface area contributed by atoms with Crippen molar-refractivity contribution in [3.63, 3.8) is 0 Å². The molecule has 1 aliphatic heterocycles. The Morgan fingerprint density at radius 3 is 2.71 bits per heavy atom. The summed E-state index contributed by atoms with van der Waals surface area (Å²) in [7, 11) is 1.69. The van der Waals surface area contributed by atoms with Crippen molar-refractivity contribution in [3.05, 3.63) is 77.4 Å². The Kier molecular flexibility index (Phi) is 5.99. The number of rotatable bonds is 9. The molecule has 146 valence electrons. The number of hydrogen-bond acceptors (Lipinski definition) is 6. The van der Waals surface area contributed by atoms with Gasteiger partial charge in [-0.25, -0.2) is 0 Å². The summed E-state index contributed by atoms with van der Waals surface area (Å²) in [4.78, 5) is 6.91. The number of likely N-dealkylation sites (tertiary alicyclic amines) is 1. The lowest BCUT2D eigenvalue weighted by Crippen LogP contribution is -2.44. The molecule has 0 unspecified atom stereocenters. The van der Waals surface area contributed by atoms with Gasteiger partial charge in [0, 0.05) is 26.1 Å². The minimum Gasteiger partial charge on any atom is -0.497 e. The van der Waals surface area contributed by atoms with Crippen molar-refractivity contribution < 1.29 is 14.0 Å².